The van der Waals surface area contributed by atoms with Crippen LogP contribution in [0.5, 0.6) is 0 Å². The number of carboxylic acids is 1. The average Bonchev–Trinajstić information content (AvgIpc) is 2.28. The van der Waals surface area contributed by atoms with Crippen molar-refractivity contribution in [2.24, 2.45) is 0 Å². The summed E-state index contributed by atoms with van der Waals surface area (Å²) in [5, 5.41) is 11.5. The third kappa shape index (κ3) is 3.35. The molecule has 0 aliphatic rings. The van der Waals surface area contributed by atoms with Crippen LogP contribution in [0, 0.1) is 0 Å². The number of carboxylic acid groups (broad SMARTS) is 1. The summed E-state index contributed by atoms with van der Waals surface area (Å²) in [5.41, 5.74) is 6.16. The van der Waals surface area contributed by atoms with Gasteiger partial charge in [0, 0.05) is 5.56 Å². The molecule has 5 nitrogen and oxygen atoms in total. The maximum atomic E-state index is 11.7. The molecule has 0 spiro atoms. The van der Waals surface area contributed by atoms with Crippen LogP contribution in [-0.2, 0) is 4.79 Å². The largest absolute Gasteiger partial charge is 0.480 e. The van der Waals surface area contributed by atoms with Crippen LogP contribution in [0.4, 0.5) is 5.69 Å². The fraction of sp³-hybridized carbons (Fsp3) is 0.273. The van der Waals surface area contributed by atoms with E-state index in [-0.39, 0.29) is 10.6 Å². The van der Waals surface area contributed by atoms with Crippen molar-refractivity contribution in [3.8, 4) is 0 Å². The summed E-state index contributed by atoms with van der Waals surface area (Å²) in [6.45, 7) is 1.68. The second-order valence-electron chi connectivity index (χ2n) is 3.51. The van der Waals surface area contributed by atoms with Gasteiger partial charge in [-0.05, 0) is 24.6 Å². The summed E-state index contributed by atoms with van der Waals surface area (Å²) in [4.78, 5) is 22.5. The van der Waals surface area contributed by atoms with Gasteiger partial charge in [0.05, 0.1) is 10.7 Å². The summed E-state index contributed by atoms with van der Waals surface area (Å²) < 4.78 is 0. The maximum Gasteiger partial charge on any atom is 0.326 e. The van der Waals surface area contributed by atoms with Gasteiger partial charge in [0.1, 0.15) is 6.04 Å². The van der Waals surface area contributed by atoms with E-state index < -0.39 is 17.9 Å². The third-order valence-electron chi connectivity index (χ3n) is 2.27. The summed E-state index contributed by atoms with van der Waals surface area (Å²) in [6.07, 6.45) is 0.309. The van der Waals surface area contributed by atoms with E-state index in [1.807, 2.05) is 0 Å². The Hall–Kier alpha value is -1.75. The van der Waals surface area contributed by atoms with E-state index in [9.17, 15) is 9.59 Å². The Morgan fingerprint density at radius 1 is 1.53 bits per heavy atom. The molecule has 4 N–H and O–H groups in total. The smallest absolute Gasteiger partial charge is 0.326 e. The predicted molar refractivity (Wildman–Crippen MR) is 65.0 cm³/mol. The Balaban J connectivity index is 2.82. The Bertz CT molecular complexity index is 448. The molecule has 0 aromatic heterocycles. The minimum atomic E-state index is -1.07. The standard InChI is InChI=1S/C11H13ClN2O3/c1-2-9(11(16)17)14-10(15)6-3-4-8(13)7(12)5-6/h3-5,9H,2,13H2,1H3,(H,14,15)(H,16,17). The van der Waals surface area contributed by atoms with Gasteiger partial charge in [0.15, 0.2) is 0 Å². The highest BCUT2D eigenvalue weighted by molar-refractivity contribution is 6.33. The van der Waals surface area contributed by atoms with Crippen molar-refractivity contribution in [3.63, 3.8) is 0 Å². The summed E-state index contributed by atoms with van der Waals surface area (Å²) >= 11 is 5.77. The van der Waals surface area contributed by atoms with E-state index in [1.165, 1.54) is 18.2 Å². The van der Waals surface area contributed by atoms with Crippen LogP contribution in [0.15, 0.2) is 18.2 Å². The van der Waals surface area contributed by atoms with E-state index in [1.54, 1.807) is 6.92 Å². The highest BCUT2D eigenvalue weighted by Gasteiger charge is 2.18. The molecule has 1 aromatic carbocycles. The van der Waals surface area contributed by atoms with Gasteiger partial charge < -0.3 is 16.2 Å². The summed E-state index contributed by atoms with van der Waals surface area (Å²) in [7, 11) is 0. The molecule has 1 atom stereocenters. The van der Waals surface area contributed by atoms with Crippen molar-refractivity contribution in [2.75, 3.05) is 5.73 Å². The Morgan fingerprint density at radius 2 is 2.18 bits per heavy atom. The number of halogens is 1. The maximum absolute atomic E-state index is 11.7. The van der Waals surface area contributed by atoms with Crippen molar-refractivity contribution in [1.29, 1.82) is 0 Å². The molecule has 92 valence electrons. The normalized spacial score (nSPS) is 11.9. The van der Waals surface area contributed by atoms with Gasteiger partial charge in [-0.3, -0.25) is 4.79 Å². The zero-order valence-corrected chi connectivity index (χ0v) is 9.99. The monoisotopic (exact) mass is 256 g/mol. The minimum absolute atomic E-state index is 0.265. The molecular formula is C11H13ClN2O3. The van der Waals surface area contributed by atoms with Gasteiger partial charge >= 0.3 is 5.97 Å². The molecule has 0 aliphatic heterocycles. The second-order valence-corrected chi connectivity index (χ2v) is 3.92. The SMILES string of the molecule is CCC(NC(=O)c1ccc(N)c(Cl)c1)C(=O)O. The first kappa shape index (κ1) is 13.3. The number of benzene rings is 1. The molecule has 6 heteroatoms. The second kappa shape index (κ2) is 5.54. The van der Waals surface area contributed by atoms with Gasteiger partial charge in [-0.1, -0.05) is 18.5 Å². The summed E-state index contributed by atoms with van der Waals surface area (Å²) in [5.74, 6) is -1.55. The first-order chi connectivity index (χ1) is 7.95. The third-order valence-corrected chi connectivity index (χ3v) is 2.60. The number of carbonyl (C=O) groups excluding carboxylic acids is 1. The van der Waals surface area contributed by atoms with Crippen LogP contribution in [0.1, 0.15) is 23.7 Å². The van der Waals surface area contributed by atoms with Gasteiger partial charge in [-0.2, -0.15) is 0 Å². The predicted octanol–water partition coefficient (Wildman–Crippen LogP) is 1.52. The van der Waals surface area contributed by atoms with Gasteiger partial charge in [0.25, 0.3) is 5.91 Å². The lowest BCUT2D eigenvalue weighted by atomic mass is 10.1. The van der Waals surface area contributed by atoms with E-state index in [4.69, 9.17) is 22.4 Å². The molecule has 0 heterocycles. The van der Waals surface area contributed by atoms with Gasteiger partial charge in [-0.25, -0.2) is 4.79 Å². The number of hydrogen-bond donors (Lipinski definition) is 3. The van der Waals surface area contributed by atoms with Crippen LogP contribution < -0.4 is 11.1 Å². The van der Waals surface area contributed by atoms with Crippen molar-refractivity contribution < 1.29 is 14.7 Å². The van der Waals surface area contributed by atoms with Crippen LogP contribution in [0.2, 0.25) is 5.02 Å². The fourth-order valence-electron chi connectivity index (χ4n) is 1.25. The van der Waals surface area contributed by atoms with E-state index in [2.05, 4.69) is 5.32 Å². The lowest BCUT2D eigenvalue weighted by Gasteiger charge is -2.12. The van der Waals surface area contributed by atoms with Crippen molar-refractivity contribution >= 4 is 29.2 Å². The van der Waals surface area contributed by atoms with E-state index >= 15 is 0 Å². The topological polar surface area (TPSA) is 92.4 Å². The number of aliphatic carboxylic acids is 1. The molecule has 0 bridgehead atoms. The number of carbonyl (C=O) groups is 2. The minimum Gasteiger partial charge on any atom is -0.480 e. The number of rotatable bonds is 4. The Kier molecular flexibility index (Phi) is 4.34. The molecule has 0 radical (unpaired) electrons. The molecule has 1 rings (SSSR count). The van der Waals surface area contributed by atoms with Crippen LogP contribution in [0.25, 0.3) is 0 Å². The molecular weight excluding hydrogens is 244 g/mol. The van der Waals surface area contributed by atoms with Crippen molar-refractivity contribution in [2.45, 2.75) is 19.4 Å². The number of hydrogen-bond acceptors (Lipinski definition) is 3. The Morgan fingerprint density at radius 3 is 2.65 bits per heavy atom. The molecule has 1 unspecified atom stereocenters. The fourth-order valence-corrected chi connectivity index (χ4v) is 1.43. The molecule has 0 fully saturated rings. The van der Waals surface area contributed by atoms with Crippen LogP contribution >= 0.6 is 11.6 Å². The first-order valence-corrected chi connectivity index (χ1v) is 5.42. The van der Waals surface area contributed by atoms with E-state index in [0.717, 1.165) is 0 Å². The first-order valence-electron chi connectivity index (χ1n) is 5.04. The van der Waals surface area contributed by atoms with Crippen molar-refractivity contribution in [1.82, 2.24) is 5.32 Å². The van der Waals surface area contributed by atoms with Gasteiger partial charge in [-0.15, -0.1) is 0 Å². The average molecular weight is 257 g/mol. The highest BCUT2D eigenvalue weighted by Crippen LogP contribution is 2.19. The zero-order valence-electron chi connectivity index (χ0n) is 9.24. The lowest BCUT2D eigenvalue weighted by molar-refractivity contribution is -0.139. The highest BCUT2D eigenvalue weighted by atomic mass is 35.5. The molecule has 1 amide bonds. The molecule has 0 aliphatic carbocycles. The zero-order chi connectivity index (χ0) is 13.0. The van der Waals surface area contributed by atoms with Crippen molar-refractivity contribution in [3.05, 3.63) is 28.8 Å². The summed E-state index contributed by atoms with van der Waals surface area (Å²) in [6, 6.07) is 3.49. The number of amides is 1. The molecule has 0 saturated carbocycles. The number of nitrogens with one attached hydrogen (secondary N) is 1. The number of anilines is 1. The lowest BCUT2D eigenvalue weighted by Crippen LogP contribution is -2.40. The Labute approximate surface area is 104 Å². The number of nitrogen functional groups attached to an aromatic ring is 1. The van der Waals surface area contributed by atoms with Crippen LogP contribution in [-0.4, -0.2) is 23.0 Å². The molecule has 1 aromatic rings. The molecule has 0 saturated heterocycles. The molecule has 17 heavy (non-hydrogen) atoms. The van der Waals surface area contributed by atoms with E-state index in [0.29, 0.717) is 12.1 Å². The van der Waals surface area contributed by atoms with Gasteiger partial charge in [0.2, 0.25) is 0 Å². The number of nitrogens with two attached hydrogens (primary N) is 1. The quantitative estimate of drug-likeness (QED) is 0.712. The van der Waals surface area contributed by atoms with Crippen LogP contribution in [0.3, 0.4) is 0 Å².